The number of hydrogen-bond donors (Lipinski definition) is 1. The number of amides is 1. The normalized spacial score (nSPS) is 17.4. The predicted octanol–water partition coefficient (Wildman–Crippen LogP) is 5.70. The number of rotatable bonds is 7. The van der Waals surface area contributed by atoms with Crippen LogP contribution in [0.4, 0.5) is 13.2 Å². The monoisotopic (exact) mass is 478 g/mol. The van der Waals surface area contributed by atoms with E-state index in [4.69, 9.17) is 11.6 Å². The highest BCUT2D eigenvalue weighted by molar-refractivity contribution is 6.30. The molecule has 1 N–H and O–H groups in total. The molecule has 1 aromatic carbocycles. The van der Waals surface area contributed by atoms with E-state index in [1.54, 1.807) is 49.5 Å². The minimum Gasteiger partial charge on any atom is -0.396 e. The van der Waals surface area contributed by atoms with E-state index in [0.717, 1.165) is 23.5 Å². The number of carbonyl (C=O) groups is 1. The summed E-state index contributed by atoms with van der Waals surface area (Å²) in [5.41, 5.74) is 0.398. The Morgan fingerprint density at radius 2 is 1.88 bits per heavy atom. The van der Waals surface area contributed by atoms with Crippen molar-refractivity contribution in [2.75, 3.05) is 20.2 Å². The average Bonchev–Trinajstić information content (AvgIpc) is 3.45. The first-order valence-corrected chi connectivity index (χ1v) is 11.3. The van der Waals surface area contributed by atoms with Gasteiger partial charge in [0.1, 0.15) is 11.4 Å². The van der Waals surface area contributed by atoms with Gasteiger partial charge >= 0.3 is 6.18 Å². The molecule has 0 unspecified atom stereocenters. The molecule has 1 heterocycles. The van der Waals surface area contributed by atoms with Crippen LogP contribution in [0.5, 0.6) is 0 Å². The van der Waals surface area contributed by atoms with Gasteiger partial charge in [0, 0.05) is 36.1 Å². The van der Waals surface area contributed by atoms with Crippen LogP contribution in [0.15, 0.2) is 53.6 Å². The summed E-state index contributed by atoms with van der Waals surface area (Å²) in [7, 11) is 1.58. The van der Waals surface area contributed by atoms with Gasteiger partial charge in [0.25, 0.3) is 5.91 Å². The molecule has 176 valence electrons. The molecule has 0 saturated heterocycles. The number of allylic oxidation sites excluding steroid dienone is 4. The standard InChI is InChI=1S/C25H26ClF3N2O2/c1-30(15-24(16-32)11-12-24)23(33)22-20(18-7-9-19(26)10-8-18)13-21(25(27,28)29)31(22)14-17-5-3-2-4-6-17/h2-7,9,13,32H,8,10-12,14-16H2,1H3. The van der Waals surface area contributed by atoms with Gasteiger partial charge in [0.15, 0.2) is 0 Å². The predicted molar refractivity (Wildman–Crippen MR) is 122 cm³/mol. The van der Waals surface area contributed by atoms with Crippen molar-refractivity contribution in [1.29, 1.82) is 0 Å². The highest BCUT2D eigenvalue weighted by Gasteiger charge is 2.45. The fourth-order valence-electron chi connectivity index (χ4n) is 4.32. The van der Waals surface area contributed by atoms with E-state index >= 15 is 0 Å². The summed E-state index contributed by atoms with van der Waals surface area (Å²) in [6, 6.07) is 9.88. The molecule has 8 heteroatoms. The number of halogens is 4. The number of hydrogen-bond acceptors (Lipinski definition) is 2. The van der Waals surface area contributed by atoms with E-state index < -0.39 is 17.8 Å². The van der Waals surface area contributed by atoms with Crippen LogP contribution in [0.3, 0.4) is 0 Å². The summed E-state index contributed by atoms with van der Waals surface area (Å²) in [6.45, 7) is 0.161. The Morgan fingerprint density at radius 3 is 2.42 bits per heavy atom. The van der Waals surface area contributed by atoms with Crippen molar-refractivity contribution in [2.24, 2.45) is 5.41 Å². The first kappa shape index (κ1) is 23.6. The zero-order valence-corrected chi connectivity index (χ0v) is 19.1. The summed E-state index contributed by atoms with van der Waals surface area (Å²) in [5.74, 6) is -0.488. The fraction of sp³-hybridized carbons (Fsp3) is 0.400. The molecule has 0 spiro atoms. The largest absolute Gasteiger partial charge is 0.431 e. The van der Waals surface area contributed by atoms with Gasteiger partial charge in [-0.3, -0.25) is 4.79 Å². The van der Waals surface area contributed by atoms with Crippen LogP contribution in [-0.4, -0.2) is 40.7 Å². The second-order valence-corrected chi connectivity index (χ2v) is 9.47. The van der Waals surface area contributed by atoms with Gasteiger partial charge in [-0.15, -0.1) is 0 Å². The molecule has 4 rings (SSSR count). The van der Waals surface area contributed by atoms with Gasteiger partial charge in [-0.1, -0.05) is 48.0 Å². The van der Waals surface area contributed by atoms with E-state index in [2.05, 4.69) is 0 Å². The minimum absolute atomic E-state index is 0.0140. The minimum atomic E-state index is -4.63. The first-order chi connectivity index (χ1) is 15.6. The lowest BCUT2D eigenvalue weighted by atomic mass is 9.96. The van der Waals surface area contributed by atoms with Crippen molar-refractivity contribution in [3.05, 3.63) is 76.1 Å². The van der Waals surface area contributed by atoms with E-state index in [1.807, 2.05) is 0 Å². The molecule has 1 fully saturated rings. The van der Waals surface area contributed by atoms with Crippen LogP contribution in [0.25, 0.3) is 5.57 Å². The summed E-state index contributed by atoms with van der Waals surface area (Å²) in [4.78, 5) is 15.1. The molecule has 1 aromatic heterocycles. The van der Waals surface area contributed by atoms with Crippen LogP contribution in [-0.2, 0) is 12.7 Å². The van der Waals surface area contributed by atoms with E-state index in [1.165, 1.54) is 4.90 Å². The van der Waals surface area contributed by atoms with Gasteiger partial charge in [-0.2, -0.15) is 13.2 Å². The molecule has 2 aromatic rings. The van der Waals surface area contributed by atoms with Gasteiger partial charge in [0.05, 0.1) is 6.61 Å². The van der Waals surface area contributed by atoms with Crippen molar-refractivity contribution >= 4 is 23.1 Å². The number of alkyl halides is 3. The van der Waals surface area contributed by atoms with E-state index in [9.17, 15) is 23.1 Å². The molecule has 0 radical (unpaired) electrons. The quantitative estimate of drug-likeness (QED) is 0.555. The molecule has 0 aliphatic heterocycles. The van der Waals surface area contributed by atoms with Crippen LogP contribution in [0.1, 0.15) is 53.0 Å². The SMILES string of the molecule is CN(CC1(CO)CC1)C(=O)c1c(C2=CC=C(Cl)CC2)cc(C(F)(F)F)n1Cc1ccccc1. The van der Waals surface area contributed by atoms with E-state index in [-0.39, 0.29) is 29.8 Å². The van der Waals surface area contributed by atoms with Gasteiger partial charge in [-0.25, -0.2) is 0 Å². The van der Waals surface area contributed by atoms with Gasteiger partial charge in [-0.05, 0) is 49.0 Å². The number of aromatic nitrogens is 1. The molecule has 2 aliphatic rings. The van der Waals surface area contributed by atoms with Gasteiger partial charge in [0.2, 0.25) is 0 Å². The van der Waals surface area contributed by atoms with Gasteiger partial charge < -0.3 is 14.6 Å². The maximum absolute atomic E-state index is 14.1. The maximum Gasteiger partial charge on any atom is 0.431 e. The van der Waals surface area contributed by atoms with Crippen LogP contribution >= 0.6 is 11.6 Å². The Hall–Kier alpha value is -2.51. The molecular weight excluding hydrogens is 453 g/mol. The summed E-state index contributed by atoms with van der Waals surface area (Å²) >= 11 is 6.07. The Morgan fingerprint density at radius 1 is 1.18 bits per heavy atom. The Labute approximate surface area is 196 Å². The zero-order valence-electron chi connectivity index (χ0n) is 18.3. The topological polar surface area (TPSA) is 45.5 Å². The Kier molecular flexibility index (Phi) is 6.47. The third-order valence-electron chi connectivity index (χ3n) is 6.43. The molecule has 0 bridgehead atoms. The highest BCUT2D eigenvalue weighted by Crippen LogP contribution is 2.46. The Balaban J connectivity index is 1.84. The summed E-state index contributed by atoms with van der Waals surface area (Å²) in [6.07, 6.45) is 1.28. The molecule has 2 aliphatic carbocycles. The number of aliphatic hydroxyl groups is 1. The summed E-state index contributed by atoms with van der Waals surface area (Å²) in [5, 5.41) is 10.3. The lowest BCUT2D eigenvalue weighted by molar-refractivity contribution is -0.143. The third-order valence-corrected chi connectivity index (χ3v) is 6.74. The lowest BCUT2D eigenvalue weighted by Crippen LogP contribution is -2.36. The van der Waals surface area contributed by atoms with Crippen LogP contribution in [0.2, 0.25) is 0 Å². The number of nitrogens with zero attached hydrogens (tertiary/aromatic N) is 2. The number of aliphatic hydroxyl groups excluding tert-OH is 1. The number of benzene rings is 1. The Bertz CT molecular complexity index is 1100. The number of carbonyl (C=O) groups excluding carboxylic acids is 1. The second kappa shape index (κ2) is 9.03. The molecular formula is C25H26ClF3N2O2. The highest BCUT2D eigenvalue weighted by atomic mass is 35.5. The van der Waals surface area contributed by atoms with Crippen LogP contribution in [0, 0.1) is 5.41 Å². The molecule has 1 amide bonds. The lowest BCUT2D eigenvalue weighted by Gasteiger charge is -2.25. The molecule has 4 nitrogen and oxygen atoms in total. The fourth-order valence-corrected chi connectivity index (χ4v) is 4.48. The van der Waals surface area contributed by atoms with Crippen molar-refractivity contribution in [3.8, 4) is 0 Å². The molecule has 33 heavy (non-hydrogen) atoms. The third kappa shape index (κ3) is 5.04. The summed E-state index contributed by atoms with van der Waals surface area (Å²) < 4.78 is 43.5. The second-order valence-electron chi connectivity index (χ2n) is 8.99. The smallest absolute Gasteiger partial charge is 0.396 e. The first-order valence-electron chi connectivity index (χ1n) is 10.9. The molecule has 1 saturated carbocycles. The van der Waals surface area contributed by atoms with Crippen LogP contribution < -0.4 is 0 Å². The van der Waals surface area contributed by atoms with Crippen molar-refractivity contribution < 1.29 is 23.1 Å². The van der Waals surface area contributed by atoms with Crippen molar-refractivity contribution in [3.63, 3.8) is 0 Å². The average molecular weight is 479 g/mol. The van der Waals surface area contributed by atoms with Crippen molar-refractivity contribution in [1.82, 2.24) is 9.47 Å². The van der Waals surface area contributed by atoms with E-state index in [0.29, 0.717) is 35.6 Å². The maximum atomic E-state index is 14.1. The zero-order chi connectivity index (χ0) is 23.8. The van der Waals surface area contributed by atoms with Crippen molar-refractivity contribution in [2.45, 2.75) is 38.4 Å². The molecule has 0 atom stereocenters.